The molecule has 0 radical (unpaired) electrons. The first kappa shape index (κ1) is 9.96. The number of hydrogen-bond acceptors (Lipinski definition) is 3. The van der Waals surface area contributed by atoms with Crippen LogP contribution in [0.2, 0.25) is 0 Å². The lowest BCUT2D eigenvalue weighted by Crippen LogP contribution is -2.37. The van der Waals surface area contributed by atoms with E-state index in [4.69, 9.17) is 5.11 Å². The van der Waals surface area contributed by atoms with Gasteiger partial charge >= 0.3 is 0 Å². The molecule has 1 saturated carbocycles. The van der Waals surface area contributed by atoms with Crippen LogP contribution in [0.5, 0.6) is 0 Å². The van der Waals surface area contributed by atoms with E-state index in [-0.39, 0.29) is 12.7 Å². The number of hydrogen-bond donors (Lipinski definition) is 2. The van der Waals surface area contributed by atoms with Crippen molar-refractivity contribution in [3.8, 4) is 0 Å². The molecular formula is C9H19NO2. The quantitative estimate of drug-likeness (QED) is 0.641. The molecule has 0 atom stereocenters. The average molecular weight is 173 g/mol. The minimum atomic E-state index is -0.0798. The van der Waals surface area contributed by atoms with Gasteiger partial charge in [0.05, 0.1) is 12.7 Å². The molecule has 3 heteroatoms. The molecule has 0 unspecified atom stereocenters. The number of nitrogens with zero attached hydrogens (tertiary/aromatic N) is 1. The average Bonchev–Trinajstić information content (AvgIpc) is 2.06. The second kappa shape index (κ2) is 4.80. The summed E-state index contributed by atoms with van der Waals surface area (Å²) in [7, 11) is 2.04. The van der Waals surface area contributed by atoms with Crippen molar-refractivity contribution >= 4 is 0 Å². The topological polar surface area (TPSA) is 43.7 Å². The third kappa shape index (κ3) is 2.73. The van der Waals surface area contributed by atoms with Gasteiger partial charge in [0.15, 0.2) is 0 Å². The van der Waals surface area contributed by atoms with Crippen LogP contribution in [0.4, 0.5) is 0 Å². The molecule has 1 aliphatic carbocycles. The van der Waals surface area contributed by atoms with E-state index in [2.05, 4.69) is 4.90 Å². The summed E-state index contributed by atoms with van der Waals surface area (Å²) in [6.07, 6.45) is 3.89. The number of likely N-dealkylation sites (N-methyl/N-ethyl adjacent to an activating group) is 1. The molecule has 1 fully saturated rings. The van der Waals surface area contributed by atoms with Crippen LogP contribution in [-0.2, 0) is 0 Å². The number of aliphatic hydroxyl groups excluding tert-OH is 2. The predicted octanol–water partition coefficient (Wildman–Crippen LogP) is 0.214. The monoisotopic (exact) mass is 173 g/mol. The fraction of sp³-hybridized carbons (Fsp3) is 1.00. The molecule has 2 N–H and O–H groups in total. The van der Waals surface area contributed by atoms with E-state index in [1.54, 1.807) is 0 Å². The molecule has 1 aliphatic rings. The van der Waals surface area contributed by atoms with Gasteiger partial charge in [-0.1, -0.05) is 0 Å². The first-order chi connectivity index (χ1) is 5.74. The number of aliphatic hydroxyl groups is 2. The highest BCUT2D eigenvalue weighted by molar-refractivity contribution is 4.77. The van der Waals surface area contributed by atoms with Crippen LogP contribution in [0.1, 0.15) is 25.7 Å². The van der Waals surface area contributed by atoms with Crippen LogP contribution < -0.4 is 0 Å². The zero-order valence-corrected chi connectivity index (χ0v) is 7.74. The summed E-state index contributed by atoms with van der Waals surface area (Å²) in [5, 5.41) is 18.0. The fourth-order valence-electron chi connectivity index (χ4n) is 1.84. The van der Waals surface area contributed by atoms with Crippen molar-refractivity contribution in [3.05, 3.63) is 0 Å². The van der Waals surface area contributed by atoms with Gasteiger partial charge in [-0.2, -0.15) is 0 Å². The van der Waals surface area contributed by atoms with E-state index < -0.39 is 0 Å². The minimum Gasteiger partial charge on any atom is -0.395 e. The molecule has 0 heterocycles. The van der Waals surface area contributed by atoms with Gasteiger partial charge in [-0.3, -0.25) is 0 Å². The lowest BCUT2D eigenvalue weighted by atomic mass is 9.92. The molecule has 12 heavy (non-hydrogen) atoms. The van der Waals surface area contributed by atoms with E-state index >= 15 is 0 Å². The third-order valence-electron chi connectivity index (χ3n) is 2.74. The van der Waals surface area contributed by atoms with Crippen molar-refractivity contribution in [2.45, 2.75) is 37.8 Å². The second-order valence-electron chi connectivity index (χ2n) is 3.67. The van der Waals surface area contributed by atoms with Crippen LogP contribution >= 0.6 is 0 Å². The standard InChI is InChI=1S/C9H19NO2/c1-10(6-7-11)8-2-4-9(12)5-3-8/h8-9,11-12H,2-7H2,1H3. The summed E-state index contributed by atoms with van der Waals surface area (Å²) in [6, 6.07) is 0.570. The van der Waals surface area contributed by atoms with Gasteiger partial charge in [0.25, 0.3) is 0 Å². The number of rotatable bonds is 3. The highest BCUT2D eigenvalue weighted by Crippen LogP contribution is 2.21. The fourth-order valence-corrected chi connectivity index (χ4v) is 1.84. The normalized spacial score (nSPS) is 31.0. The molecule has 1 rings (SSSR count). The molecule has 0 amide bonds. The predicted molar refractivity (Wildman–Crippen MR) is 48.0 cm³/mol. The van der Waals surface area contributed by atoms with Gasteiger partial charge < -0.3 is 15.1 Å². The highest BCUT2D eigenvalue weighted by atomic mass is 16.3. The second-order valence-corrected chi connectivity index (χ2v) is 3.67. The van der Waals surface area contributed by atoms with Gasteiger partial charge in [0, 0.05) is 12.6 Å². The summed E-state index contributed by atoms with van der Waals surface area (Å²) in [5.74, 6) is 0. The molecule has 0 aromatic heterocycles. The Morgan fingerprint density at radius 2 is 1.83 bits per heavy atom. The van der Waals surface area contributed by atoms with Crippen LogP contribution in [0.15, 0.2) is 0 Å². The zero-order chi connectivity index (χ0) is 8.97. The Labute approximate surface area is 74.0 Å². The zero-order valence-electron chi connectivity index (χ0n) is 7.74. The van der Waals surface area contributed by atoms with Crippen molar-refractivity contribution in [3.63, 3.8) is 0 Å². The van der Waals surface area contributed by atoms with Crippen molar-refractivity contribution in [2.24, 2.45) is 0 Å². The van der Waals surface area contributed by atoms with Crippen molar-refractivity contribution in [1.29, 1.82) is 0 Å². The summed E-state index contributed by atoms with van der Waals surface area (Å²) in [5.41, 5.74) is 0. The smallest absolute Gasteiger partial charge is 0.0558 e. The Kier molecular flexibility index (Phi) is 3.98. The maximum atomic E-state index is 9.27. The lowest BCUT2D eigenvalue weighted by molar-refractivity contribution is 0.0772. The molecule has 3 nitrogen and oxygen atoms in total. The van der Waals surface area contributed by atoms with Gasteiger partial charge in [-0.15, -0.1) is 0 Å². The minimum absolute atomic E-state index is 0.0798. The van der Waals surface area contributed by atoms with E-state index in [9.17, 15) is 5.11 Å². The molecule has 0 bridgehead atoms. The Balaban J connectivity index is 2.24. The van der Waals surface area contributed by atoms with Crippen molar-refractivity contribution in [1.82, 2.24) is 4.90 Å². The molecule has 0 aromatic rings. The van der Waals surface area contributed by atoms with Crippen LogP contribution in [0.3, 0.4) is 0 Å². The van der Waals surface area contributed by atoms with E-state index in [0.717, 1.165) is 32.2 Å². The van der Waals surface area contributed by atoms with Gasteiger partial charge in [-0.25, -0.2) is 0 Å². The van der Waals surface area contributed by atoms with Gasteiger partial charge in [0.2, 0.25) is 0 Å². The van der Waals surface area contributed by atoms with Gasteiger partial charge in [0.1, 0.15) is 0 Å². The Morgan fingerprint density at radius 1 is 1.25 bits per heavy atom. The molecule has 0 aromatic carbocycles. The molecular weight excluding hydrogens is 154 g/mol. The highest BCUT2D eigenvalue weighted by Gasteiger charge is 2.21. The summed E-state index contributed by atoms with van der Waals surface area (Å²) >= 11 is 0. The summed E-state index contributed by atoms with van der Waals surface area (Å²) in [4.78, 5) is 2.19. The molecule has 0 spiro atoms. The van der Waals surface area contributed by atoms with E-state index in [0.29, 0.717) is 6.04 Å². The van der Waals surface area contributed by atoms with Crippen molar-refractivity contribution in [2.75, 3.05) is 20.2 Å². The van der Waals surface area contributed by atoms with Crippen LogP contribution in [0.25, 0.3) is 0 Å². The Bertz CT molecular complexity index is 122. The third-order valence-corrected chi connectivity index (χ3v) is 2.74. The van der Waals surface area contributed by atoms with Crippen molar-refractivity contribution < 1.29 is 10.2 Å². The van der Waals surface area contributed by atoms with Crippen LogP contribution in [0, 0.1) is 0 Å². The van der Waals surface area contributed by atoms with Gasteiger partial charge in [-0.05, 0) is 32.7 Å². The maximum Gasteiger partial charge on any atom is 0.0558 e. The maximum absolute atomic E-state index is 9.27. The largest absolute Gasteiger partial charge is 0.395 e. The van der Waals surface area contributed by atoms with Crippen LogP contribution in [-0.4, -0.2) is 47.5 Å². The first-order valence-corrected chi connectivity index (χ1v) is 4.73. The summed E-state index contributed by atoms with van der Waals surface area (Å²) < 4.78 is 0. The Hall–Kier alpha value is -0.120. The molecule has 0 aliphatic heterocycles. The van der Waals surface area contributed by atoms with E-state index in [1.807, 2.05) is 7.05 Å². The Morgan fingerprint density at radius 3 is 2.33 bits per heavy atom. The first-order valence-electron chi connectivity index (χ1n) is 4.73. The SMILES string of the molecule is CN(CCO)C1CCC(O)CC1. The summed E-state index contributed by atoms with van der Waals surface area (Å²) in [6.45, 7) is 0.982. The van der Waals surface area contributed by atoms with E-state index in [1.165, 1.54) is 0 Å². The molecule has 72 valence electrons. The molecule has 0 saturated heterocycles. The lowest BCUT2D eigenvalue weighted by Gasteiger charge is -2.32.